The number of nitrogen functional groups attached to an aromatic ring is 1. The molecular weight excluding hydrogens is 385 g/mol. The number of carbonyl (C=O) groups excluding carboxylic acids is 2. The van der Waals surface area contributed by atoms with Gasteiger partial charge < -0.3 is 15.8 Å². The van der Waals surface area contributed by atoms with Gasteiger partial charge in [-0.3, -0.25) is 14.9 Å². The second-order valence-electron chi connectivity index (χ2n) is 5.19. The van der Waals surface area contributed by atoms with Gasteiger partial charge in [0.1, 0.15) is 0 Å². The Bertz CT molecular complexity index is 888. The minimum Gasteiger partial charge on any atom is -0.449 e. The van der Waals surface area contributed by atoms with E-state index >= 15 is 0 Å². The van der Waals surface area contributed by atoms with Gasteiger partial charge in [-0.2, -0.15) is 0 Å². The number of amides is 1. The number of hydrogen-bond donors (Lipinski definition) is 2. The summed E-state index contributed by atoms with van der Waals surface area (Å²) in [6.07, 6.45) is -1.20. The third-order valence-corrected chi connectivity index (χ3v) is 3.82. The summed E-state index contributed by atoms with van der Waals surface area (Å²) in [6, 6.07) is 7.99. The number of hydrogen-bond acceptors (Lipinski definition) is 6. The van der Waals surface area contributed by atoms with Gasteiger partial charge in [-0.1, -0.05) is 29.3 Å². The van der Waals surface area contributed by atoms with Gasteiger partial charge in [-0.15, -0.1) is 0 Å². The summed E-state index contributed by atoms with van der Waals surface area (Å²) in [4.78, 5) is 34.5. The number of ether oxygens (including phenoxy) is 1. The van der Waals surface area contributed by atoms with Gasteiger partial charge in [0.15, 0.2) is 6.10 Å². The maximum atomic E-state index is 12.2. The Kier molecular flexibility index (Phi) is 6.01. The zero-order chi connectivity index (χ0) is 19.4. The van der Waals surface area contributed by atoms with Crippen LogP contribution in [-0.4, -0.2) is 22.9 Å². The number of carbonyl (C=O) groups is 2. The summed E-state index contributed by atoms with van der Waals surface area (Å²) in [7, 11) is 0. The van der Waals surface area contributed by atoms with E-state index in [4.69, 9.17) is 33.7 Å². The lowest BCUT2D eigenvalue weighted by atomic mass is 10.2. The second-order valence-corrected chi connectivity index (χ2v) is 6.04. The van der Waals surface area contributed by atoms with Crippen LogP contribution < -0.4 is 11.1 Å². The number of non-ortho nitro benzene ring substituents is 1. The van der Waals surface area contributed by atoms with E-state index in [2.05, 4.69) is 5.32 Å². The fourth-order valence-corrected chi connectivity index (χ4v) is 2.47. The lowest BCUT2D eigenvalue weighted by molar-refractivity contribution is -0.384. The molecule has 1 unspecified atom stereocenters. The Morgan fingerprint density at radius 3 is 2.62 bits per heavy atom. The van der Waals surface area contributed by atoms with Crippen molar-refractivity contribution >= 4 is 52.1 Å². The molecule has 0 bridgehead atoms. The SMILES string of the molecule is CC(OC(=O)c1cc(Cl)cc(Cl)c1N)C(=O)Nc1cccc([N+](=O)[O-])c1. The zero-order valence-electron chi connectivity index (χ0n) is 13.4. The molecule has 26 heavy (non-hydrogen) atoms. The molecule has 2 aromatic rings. The Morgan fingerprint density at radius 2 is 1.96 bits per heavy atom. The van der Waals surface area contributed by atoms with Crippen LogP contribution >= 0.6 is 23.2 Å². The van der Waals surface area contributed by atoms with Crippen molar-refractivity contribution in [2.45, 2.75) is 13.0 Å². The van der Waals surface area contributed by atoms with Crippen LogP contribution in [0.25, 0.3) is 0 Å². The van der Waals surface area contributed by atoms with Crippen molar-refractivity contribution in [2.24, 2.45) is 0 Å². The van der Waals surface area contributed by atoms with Crippen LogP contribution in [-0.2, 0) is 9.53 Å². The molecule has 0 saturated heterocycles. The van der Waals surface area contributed by atoms with Gasteiger partial charge in [0.2, 0.25) is 0 Å². The highest BCUT2D eigenvalue weighted by molar-refractivity contribution is 6.37. The molecule has 0 fully saturated rings. The van der Waals surface area contributed by atoms with Gasteiger partial charge in [0.25, 0.3) is 11.6 Å². The van der Waals surface area contributed by atoms with Gasteiger partial charge in [-0.25, -0.2) is 4.79 Å². The lowest BCUT2D eigenvalue weighted by Crippen LogP contribution is -2.30. The van der Waals surface area contributed by atoms with Crippen molar-refractivity contribution in [2.75, 3.05) is 11.1 Å². The summed E-state index contributed by atoms with van der Waals surface area (Å²) in [5, 5.41) is 13.4. The molecular formula is C16H13Cl2N3O5. The molecule has 1 atom stereocenters. The van der Waals surface area contributed by atoms with Gasteiger partial charge >= 0.3 is 5.97 Å². The summed E-state index contributed by atoms with van der Waals surface area (Å²) >= 11 is 11.7. The number of halogens is 2. The number of nitrogens with one attached hydrogen (secondary N) is 1. The minimum absolute atomic E-state index is 0.0210. The fourth-order valence-electron chi connectivity index (χ4n) is 1.97. The van der Waals surface area contributed by atoms with Crippen molar-refractivity contribution < 1.29 is 19.2 Å². The van der Waals surface area contributed by atoms with Crippen molar-refractivity contribution in [3.8, 4) is 0 Å². The van der Waals surface area contributed by atoms with Crippen LogP contribution in [0.2, 0.25) is 10.0 Å². The molecule has 0 aromatic heterocycles. The number of nitro groups is 1. The standard InChI is InChI=1S/C16H13Cl2N3O5/c1-8(15(22)20-10-3-2-4-11(7-10)21(24)25)26-16(23)12-5-9(17)6-13(18)14(12)19/h2-8H,19H2,1H3,(H,20,22). The van der Waals surface area contributed by atoms with E-state index in [0.29, 0.717) is 0 Å². The van der Waals surface area contributed by atoms with E-state index in [1.54, 1.807) is 0 Å². The van der Waals surface area contributed by atoms with Gasteiger partial charge in [0, 0.05) is 22.8 Å². The number of anilines is 2. The second kappa shape index (κ2) is 8.03. The van der Waals surface area contributed by atoms with Crippen LogP contribution in [0.4, 0.5) is 17.1 Å². The zero-order valence-corrected chi connectivity index (χ0v) is 14.9. The van der Waals surface area contributed by atoms with E-state index in [1.807, 2.05) is 0 Å². The first kappa shape index (κ1) is 19.5. The van der Waals surface area contributed by atoms with Crippen molar-refractivity contribution in [1.29, 1.82) is 0 Å². The Hall–Kier alpha value is -2.84. The van der Waals surface area contributed by atoms with Crippen LogP contribution in [0.5, 0.6) is 0 Å². The lowest BCUT2D eigenvalue weighted by Gasteiger charge is -2.15. The summed E-state index contributed by atoms with van der Waals surface area (Å²) in [5.74, 6) is -1.56. The van der Waals surface area contributed by atoms with Crippen LogP contribution in [0.3, 0.4) is 0 Å². The molecule has 0 aliphatic rings. The molecule has 0 aliphatic carbocycles. The molecule has 1 amide bonds. The molecule has 2 aromatic carbocycles. The van der Waals surface area contributed by atoms with E-state index < -0.39 is 22.9 Å². The number of nitro benzene ring substituents is 1. The van der Waals surface area contributed by atoms with Gasteiger partial charge in [0.05, 0.1) is 21.2 Å². The molecule has 0 aliphatic heterocycles. The van der Waals surface area contributed by atoms with Crippen molar-refractivity contribution in [3.05, 3.63) is 62.1 Å². The fraction of sp³-hybridized carbons (Fsp3) is 0.125. The monoisotopic (exact) mass is 397 g/mol. The largest absolute Gasteiger partial charge is 0.449 e. The molecule has 2 rings (SSSR count). The maximum absolute atomic E-state index is 12.2. The molecule has 0 radical (unpaired) electrons. The van der Waals surface area contributed by atoms with E-state index in [0.717, 1.165) is 0 Å². The summed E-state index contributed by atoms with van der Waals surface area (Å²) in [5.41, 5.74) is 5.63. The molecule has 3 N–H and O–H groups in total. The quantitative estimate of drug-likeness (QED) is 0.343. The van der Waals surface area contributed by atoms with E-state index in [9.17, 15) is 19.7 Å². The van der Waals surface area contributed by atoms with Crippen molar-refractivity contribution in [1.82, 2.24) is 0 Å². The molecule has 0 spiro atoms. The number of benzene rings is 2. The molecule has 136 valence electrons. The Morgan fingerprint density at radius 1 is 1.27 bits per heavy atom. The summed E-state index contributed by atoms with van der Waals surface area (Å²) in [6.45, 7) is 1.34. The first-order valence-electron chi connectivity index (χ1n) is 7.20. The number of nitrogens with two attached hydrogens (primary N) is 1. The molecule has 0 heterocycles. The first-order valence-corrected chi connectivity index (χ1v) is 7.95. The number of esters is 1. The average molecular weight is 398 g/mol. The van der Waals surface area contributed by atoms with Gasteiger partial charge in [-0.05, 0) is 25.1 Å². The van der Waals surface area contributed by atoms with Crippen LogP contribution in [0, 0.1) is 10.1 Å². The third-order valence-electron chi connectivity index (χ3n) is 3.29. The molecule has 10 heteroatoms. The highest BCUT2D eigenvalue weighted by atomic mass is 35.5. The predicted octanol–water partition coefficient (Wildman–Crippen LogP) is 3.67. The smallest absolute Gasteiger partial charge is 0.341 e. The molecule has 8 nitrogen and oxygen atoms in total. The first-order chi connectivity index (χ1) is 12.2. The normalized spacial score (nSPS) is 11.5. The Balaban J connectivity index is 2.08. The average Bonchev–Trinajstić information content (AvgIpc) is 2.58. The highest BCUT2D eigenvalue weighted by Gasteiger charge is 2.22. The minimum atomic E-state index is -1.20. The molecule has 0 saturated carbocycles. The van der Waals surface area contributed by atoms with Crippen LogP contribution in [0.1, 0.15) is 17.3 Å². The third kappa shape index (κ3) is 4.62. The Labute approximate surface area is 158 Å². The highest BCUT2D eigenvalue weighted by Crippen LogP contribution is 2.28. The number of rotatable bonds is 5. The summed E-state index contributed by atoms with van der Waals surface area (Å²) < 4.78 is 5.06. The van der Waals surface area contributed by atoms with Crippen LogP contribution in [0.15, 0.2) is 36.4 Å². The topological polar surface area (TPSA) is 125 Å². The van der Waals surface area contributed by atoms with E-state index in [-0.39, 0.29) is 32.7 Å². The van der Waals surface area contributed by atoms with Crippen molar-refractivity contribution in [3.63, 3.8) is 0 Å². The maximum Gasteiger partial charge on any atom is 0.341 e. The van der Waals surface area contributed by atoms with E-state index in [1.165, 1.54) is 43.3 Å². The predicted molar refractivity (Wildman–Crippen MR) is 97.5 cm³/mol. The number of nitrogens with zero attached hydrogens (tertiary/aromatic N) is 1.